The third-order valence-electron chi connectivity index (χ3n) is 3.30. The van der Waals surface area contributed by atoms with Crippen LogP contribution in [-0.2, 0) is 4.79 Å². The smallest absolute Gasteiger partial charge is 0.262 e. The van der Waals surface area contributed by atoms with E-state index in [9.17, 15) is 4.79 Å². The van der Waals surface area contributed by atoms with Gasteiger partial charge in [-0.2, -0.15) is 0 Å². The lowest BCUT2D eigenvalue weighted by atomic mass is 10.3. The van der Waals surface area contributed by atoms with E-state index in [1.54, 1.807) is 34.7 Å². The van der Waals surface area contributed by atoms with Gasteiger partial charge in [0.2, 0.25) is 0 Å². The first-order valence-electron chi connectivity index (χ1n) is 7.46. The van der Waals surface area contributed by atoms with Gasteiger partial charge in [0.25, 0.3) is 5.91 Å². The minimum absolute atomic E-state index is 0.224. The number of amides is 1. The van der Waals surface area contributed by atoms with Crippen molar-refractivity contribution in [2.75, 3.05) is 5.32 Å². The molecule has 2 heterocycles. The lowest BCUT2D eigenvalue weighted by Crippen LogP contribution is -2.43. The number of aromatic nitrogens is 2. The number of nitrogens with zero attached hydrogens (tertiary/aromatic N) is 2. The first-order valence-corrected chi connectivity index (χ1v) is 8.62. The Kier molecular flexibility index (Phi) is 5.72. The van der Waals surface area contributed by atoms with Crippen LogP contribution in [0, 0.1) is 0 Å². The summed E-state index contributed by atoms with van der Waals surface area (Å²) < 4.78 is 1.78. The fourth-order valence-corrected chi connectivity index (χ4v) is 2.78. The number of hydrogen-bond donors (Lipinski definition) is 3. The molecule has 3 rings (SSSR count). The summed E-state index contributed by atoms with van der Waals surface area (Å²) in [7, 11) is 0. The monoisotopic (exact) mass is 405 g/mol. The zero-order valence-electron chi connectivity index (χ0n) is 13.2. The SMILES string of the molecule is O=C(/C=C/c1c(Cl)nc2ccccn12)NNC(=S)Nc1cccc(Cl)c1. The summed E-state index contributed by atoms with van der Waals surface area (Å²) in [5.41, 5.74) is 7.08. The van der Waals surface area contributed by atoms with Crippen LogP contribution in [0.3, 0.4) is 0 Å². The molecule has 3 aromatic rings. The van der Waals surface area contributed by atoms with Crippen molar-refractivity contribution in [1.82, 2.24) is 20.2 Å². The van der Waals surface area contributed by atoms with E-state index in [0.29, 0.717) is 27.2 Å². The van der Waals surface area contributed by atoms with E-state index in [4.69, 9.17) is 35.4 Å². The van der Waals surface area contributed by atoms with Crippen LogP contribution in [-0.4, -0.2) is 20.4 Å². The second-order valence-corrected chi connectivity index (χ2v) is 6.33. The highest BCUT2D eigenvalue weighted by molar-refractivity contribution is 7.80. The molecule has 0 saturated heterocycles. The molecule has 0 radical (unpaired) electrons. The molecule has 26 heavy (non-hydrogen) atoms. The number of halogens is 2. The van der Waals surface area contributed by atoms with E-state index in [1.807, 2.05) is 24.4 Å². The van der Waals surface area contributed by atoms with E-state index >= 15 is 0 Å². The number of nitrogens with one attached hydrogen (secondary N) is 3. The Morgan fingerprint density at radius 2 is 2.00 bits per heavy atom. The van der Waals surface area contributed by atoms with Gasteiger partial charge in [-0.25, -0.2) is 4.98 Å². The van der Waals surface area contributed by atoms with Gasteiger partial charge in [-0.05, 0) is 48.6 Å². The summed E-state index contributed by atoms with van der Waals surface area (Å²) >= 11 is 17.1. The first kappa shape index (κ1) is 18.2. The van der Waals surface area contributed by atoms with Crippen LogP contribution in [0.5, 0.6) is 0 Å². The number of fused-ring (bicyclic) bond motifs is 1. The van der Waals surface area contributed by atoms with E-state index in [-0.39, 0.29) is 5.11 Å². The van der Waals surface area contributed by atoms with Gasteiger partial charge in [-0.15, -0.1) is 0 Å². The third-order valence-corrected chi connectivity index (χ3v) is 4.01. The molecule has 9 heteroatoms. The quantitative estimate of drug-likeness (QED) is 0.352. The van der Waals surface area contributed by atoms with Crippen molar-refractivity contribution >= 4 is 63.8 Å². The summed E-state index contributed by atoms with van der Waals surface area (Å²) in [5.74, 6) is -0.401. The number of pyridine rings is 1. The number of benzene rings is 1. The molecular formula is C17H13Cl2N5OS. The molecule has 3 N–H and O–H groups in total. The zero-order valence-corrected chi connectivity index (χ0v) is 15.6. The lowest BCUT2D eigenvalue weighted by Gasteiger charge is -2.10. The van der Waals surface area contributed by atoms with Crippen LogP contribution in [0.4, 0.5) is 5.69 Å². The number of imidazole rings is 1. The molecule has 0 aliphatic rings. The molecule has 0 fully saturated rings. The number of hydrazine groups is 1. The number of carbonyl (C=O) groups excluding carboxylic acids is 1. The Morgan fingerprint density at radius 1 is 1.15 bits per heavy atom. The van der Waals surface area contributed by atoms with Gasteiger partial charge in [-0.1, -0.05) is 35.3 Å². The van der Waals surface area contributed by atoms with E-state index in [0.717, 1.165) is 0 Å². The van der Waals surface area contributed by atoms with E-state index in [2.05, 4.69) is 21.2 Å². The van der Waals surface area contributed by atoms with Gasteiger partial charge in [0.15, 0.2) is 10.3 Å². The highest BCUT2D eigenvalue weighted by Gasteiger charge is 2.07. The van der Waals surface area contributed by atoms with Gasteiger partial charge >= 0.3 is 0 Å². The molecule has 1 aromatic carbocycles. The molecule has 132 valence electrons. The van der Waals surface area contributed by atoms with E-state index < -0.39 is 5.91 Å². The largest absolute Gasteiger partial charge is 0.331 e. The summed E-state index contributed by atoms with van der Waals surface area (Å²) in [6.45, 7) is 0. The van der Waals surface area contributed by atoms with Gasteiger partial charge in [0, 0.05) is 23.0 Å². The minimum atomic E-state index is -0.401. The third kappa shape index (κ3) is 4.51. The Bertz CT molecular complexity index is 1000. The molecule has 0 aliphatic heterocycles. The average Bonchev–Trinajstić information content (AvgIpc) is 2.93. The number of hydrogen-bond acceptors (Lipinski definition) is 3. The standard InChI is InChI=1S/C17H13Cl2N5OS/c18-11-4-3-5-12(10-11)20-17(26)23-22-15(25)8-7-13-16(19)21-14-6-1-2-9-24(13)14/h1-10H,(H,22,25)(H2,20,23,26)/b8-7+. The van der Waals surface area contributed by atoms with Crippen molar-refractivity contribution in [3.8, 4) is 0 Å². The van der Waals surface area contributed by atoms with Gasteiger partial charge in [0.05, 0.1) is 5.69 Å². The Morgan fingerprint density at radius 3 is 2.81 bits per heavy atom. The Labute approximate surface area is 164 Å². The molecule has 0 atom stereocenters. The van der Waals surface area contributed by atoms with Crippen molar-refractivity contribution in [2.45, 2.75) is 0 Å². The second-order valence-electron chi connectivity index (χ2n) is 5.13. The molecule has 0 spiro atoms. The van der Waals surface area contributed by atoms with Crippen molar-refractivity contribution in [1.29, 1.82) is 0 Å². The predicted octanol–water partition coefficient (Wildman–Crippen LogP) is 3.67. The van der Waals surface area contributed by atoms with Gasteiger partial charge < -0.3 is 5.32 Å². The predicted molar refractivity (Wildman–Crippen MR) is 108 cm³/mol. The molecule has 0 aliphatic carbocycles. The second kappa shape index (κ2) is 8.18. The average molecular weight is 406 g/mol. The highest BCUT2D eigenvalue weighted by atomic mass is 35.5. The van der Waals surface area contributed by atoms with Crippen LogP contribution in [0.15, 0.2) is 54.7 Å². The fourth-order valence-electron chi connectivity index (χ4n) is 2.18. The normalized spacial score (nSPS) is 10.8. The molecule has 1 amide bonds. The van der Waals surface area contributed by atoms with Crippen LogP contribution < -0.4 is 16.2 Å². The number of carbonyl (C=O) groups is 1. The van der Waals surface area contributed by atoms with Crippen molar-refractivity contribution < 1.29 is 4.79 Å². The number of thiocarbonyl (C=S) groups is 1. The molecule has 6 nitrogen and oxygen atoms in total. The molecular weight excluding hydrogens is 393 g/mol. The molecule has 0 bridgehead atoms. The van der Waals surface area contributed by atoms with Crippen LogP contribution in [0.1, 0.15) is 5.69 Å². The molecule has 2 aromatic heterocycles. The molecule has 0 saturated carbocycles. The Balaban J connectivity index is 1.57. The van der Waals surface area contributed by atoms with Crippen LogP contribution >= 0.6 is 35.4 Å². The Hall–Kier alpha value is -2.61. The summed E-state index contributed by atoms with van der Waals surface area (Å²) in [4.78, 5) is 16.2. The maximum Gasteiger partial charge on any atom is 0.262 e. The molecule has 0 unspecified atom stereocenters. The summed E-state index contributed by atoms with van der Waals surface area (Å²) in [6.07, 6.45) is 4.72. The first-order chi connectivity index (χ1) is 12.5. The number of anilines is 1. The fraction of sp³-hybridized carbons (Fsp3) is 0. The lowest BCUT2D eigenvalue weighted by molar-refractivity contribution is -0.116. The van der Waals surface area contributed by atoms with Crippen LogP contribution in [0.2, 0.25) is 10.2 Å². The van der Waals surface area contributed by atoms with Gasteiger partial charge in [0.1, 0.15) is 5.65 Å². The maximum absolute atomic E-state index is 12.0. The highest BCUT2D eigenvalue weighted by Crippen LogP contribution is 2.18. The maximum atomic E-state index is 12.0. The van der Waals surface area contributed by atoms with Crippen molar-refractivity contribution in [2.24, 2.45) is 0 Å². The summed E-state index contributed by atoms with van der Waals surface area (Å²) in [6, 6.07) is 12.6. The van der Waals surface area contributed by atoms with Crippen molar-refractivity contribution in [3.05, 3.63) is 70.6 Å². The van der Waals surface area contributed by atoms with Crippen LogP contribution in [0.25, 0.3) is 11.7 Å². The van der Waals surface area contributed by atoms with E-state index in [1.165, 1.54) is 6.08 Å². The van der Waals surface area contributed by atoms with Crippen molar-refractivity contribution in [3.63, 3.8) is 0 Å². The zero-order chi connectivity index (χ0) is 18.5. The minimum Gasteiger partial charge on any atom is -0.331 e. The summed E-state index contributed by atoms with van der Waals surface area (Å²) in [5, 5.41) is 4.02. The van der Waals surface area contributed by atoms with Gasteiger partial charge in [-0.3, -0.25) is 20.0 Å². The number of rotatable bonds is 3. The topological polar surface area (TPSA) is 70.5 Å².